The number of hydrogen-bond donors (Lipinski definition) is 1. The average Bonchev–Trinajstić information content (AvgIpc) is 3.38. The van der Waals surface area contributed by atoms with Crippen LogP contribution in [-0.2, 0) is 19.1 Å². The van der Waals surface area contributed by atoms with E-state index in [4.69, 9.17) is 9.47 Å². The lowest BCUT2D eigenvalue weighted by molar-refractivity contribution is -0.160. The molecule has 1 aliphatic carbocycles. The molecule has 1 saturated carbocycles. The third-order valence-corrected chi connectivity index (χ3v) is 8.94. The first-order chi connectivity index (χ1) is 16.0. The van der Waals surface area contributed by atoms with Gasteiger partial charge in [0.25, 0.3) is 5.91 Å². The molecule has 0 aromatic carbocycles. The van der Waals surface area contributed by atoms with E-state index in [1.165, 1.54) is 12.8 Å². The van der Waals surface area contributed by atoms with Gasteiger partial charge in [-0.15, -0.1) is 0 Å². The Morgan fingerprint density at radius 3 is 2.45 bits per heavy atom. The van der Waals surface area contributed by atoms with Crippen molar-refractivity contribution in [2.24, 2.45) is 11.8 Å². The van der Waals surface area contributed by atoms with Crippen molar-refractivity contribution in [3.8, 4) is 0 Å². The van der Waals surface area contributed by atoms with Crippen molar-refractivity contribution in [1.82, 2.24) is 20.0 Å². The fraction of sp³-hybridized carbons (Fsp3) is 0.920. The summed E-state index contributed by atoms with van der Waals surface area (Å²) in [5, 5.41) is 3.74. The van der Waals surface area contributed by atoms with Gasteiger partial charge in [0.15, 0.2) is 0 Å². The van der Waals surface area contributed by atoms with Gasteiger partial charge in [-0.25, -0.2) is 0 Å². The summed E-state index contributed by atoms with van der Waals surface area (Å²) in [5.74, 6) is 1.59. The van der Waals surface area contributed by atoms with Crippen molar-refractivity contribution >= 4 is 11.8 Å². The van der Waals surface area contributed by atoms with Gasteiger partial charge < -0.3 is 24.6 Å². The summed E-state index contributed by atoms with van der Waals surface area (Å²) in [5.41, 5.74) is 0. The molecule has 4 saturated heterocycles. The van der Waals surface area contributed by atoms with E-state index in [-0.39, 0.29) is 36.0 Å². The van der Waals surface area contributed by atoms with Gasteiger partial charge in [-0.3, -0.25) is 14.5 Å². The Hall–Kier alpha value is -1.22. The smallest absolute Gasteiger partial charge is 0.252 e. The van der Waals surface area contributed by atoms with Crippen molar-refractivity contribution in [3.63, 3.8) is 0 Å². The topological polar surface area (TPSA) is 74.4 Å². The molecule has 2 amide bonds. The second-order valence-corrected chi connectivity index (χ2v) is 10.9. The minimum Gasteiger partial charge on any atom is -0.379 e. The van der Waals surface area contributed by atoms with Crippen LogP contribution < -0.4 is 5.32 Å². The summed E-state index contributed by atoms with van der Waals surface area (Å²) in [6, 6.07) is 0.331. The largest absolute Gasteiger partial charge is 0.379 e. The third kappa shape index (κ3) is 4.81. The van der Waals surface area contributed by atoms with Crippen LogP contribution in [0.15, 0.2) is 0 Å². The monoisotopic (exact) mass is 462 g/mol. The molecule has 0 bridgehead atoms. The molecule has 5 aliphatic rings. The molecule has 4 heterocycles. The highest BCUT2D eigenvalue weighted by molar-refractivity contribution is 5.82. The molecule has 5 rings (SSSR count). The van der Waals surface area contributed by atoms with Gasteiger partial charge in [-0.1, -0.05) is 0 Å². The van der Waals surface area contributed by atoms with Gasteiger partial charge in [0, 0.05) is 39.2 Å². The zero-order chi connectivity index (χ0) is 22.9. The van der Waals surface area contributed by atoms with Crippen LogP contribution in [0.25, 0.3) is 0 Å². The van der Waals surface area contributed by atoms with Crippen LogP contribution in [0.5, 0.6) is 0 Å². The van der Waals surface area contributed by atoms with E-state index < -0.39 is 0 Å². The van der Waals surface area contributed by atoms with Crippen LogP contribution in [0.3, 0.4) is 0 Å². The van der Waals surface area contributed by atoms with E-state index in [1.54, 1.807) is 6.92 Å². The fourth-order valence-electron chi connectivity index (χ4n) is 7.36. The van der Waals surface area contributed by atoms with Crippen molar-refractivity contribution in [2.75, 3.05) is 46.0 Å². The number of hydrogen-bond acceptors (Lipinski definition) is 6. The van der Waals surface area contributed by atoms with Gasteiger partial charge in [-0.05, 0) is 70.3 Å². The van der Waals surface area contributed by atoms with Gasteiger partial charge in [0.2, 0.25) is 5.91 Å². The van der Waals surface area contributed by atoms with Crippen LogP contribution in [0, 0.1) is 11.8 Å². The van der Waals surface area contributed by atoms with Crippen molar-refractivity contribution in [2.45, 2.75) is 89.2 Å². The molecule has 5 fully saturated rings. The van der Waals surface area contributed by atoms with E-state index in [9.17, 15) is 9.59 Å². The summed E-state index contributed by atoms with van der Waals surface area (Å²) in [4.78, 5) is 32.8. The number of nitrogens with zero attached hydrogens (tertiary/aromatic N) is 3. The van der Waals surface area contributed by atoms with E-state index in [1.807, 2.05) is 0 Å². The summed E-state index contributed by atoms with van der Waals surface area (Å²) >= 11 is 0. The molecular weight excluding hydrogens is 420 g/mol. The molecule has 0 aromatic rings. The molecule has 8 nitrogen and oxygen atoms in total. The van der Waals surface area contributed by atoms with Gasteiger partial charge in [-0.2, -0.15) is 0 Å². The minimum atomic E-state index is -0.285. The number of morpholine rings is 1. The highest BCUT2D eigenvalue weighted by Crippen LogP contribution is 2.42. The molecule has 186 valence electrons. The van der Waals surface area contributed by atoms with E-state index in [2.05, 4.69) is 26.9 Å². The number of amides is 2. The first kappa shape index (κ1) is 23.5. The lowest BCUT2D eigenvalue weighted by Gasteiger charge is -2.55. The lowest BCUT2D eigenvalue weighted by atomic mass is 9.70. The Balaban J connectivity index is 1.31. The van der Waals surface area contributed by atoms with Gasteiger partial charge >= 0.3 is 0 Å². The molecule has 6 unspecified atom stereocenters. The highest BCUT2D eigenvalue weighted by atomic mass is 16.5. The summed E-state index contributed by atoms with van der Waals surface area (Å²) in [7, 11) is 0. The maximum Gasteiger partial charge on any atom is 0.252 e. The Bertz CT molecular complexity index is 709. The summed E-state index contributed by atoms with van der Waals surface area (Å²) < 4.78 is 11.3. The number of fused-ring (bicyclic) bond motifs is 1. The second kappa shape index (κ2) is 10.2. The highest BCUT2D eigenvalue weighted by Gasteiger charge is 2.49. The Labute approximate surface area is 198 Å². The number of nitrogens with one attached hydrogen (secondary N) is 1. The van der Waals surface area contributed by atoms with Crippen LogP contribution in [0.1, 0.15) is 58.8 Å². The first-order valence-electron chi connectivity index (χ1n) is 13.3. The van der Waals surface area contributed by atoms with Crippen LogP contribution >= 0.6 is 0 Å². The van der Waals surface area contributed by atoms with E-state index in [0.29, 0.717) is 31.2 Å². The quantitative estimate of drug-likeness (QED) is 0.684. The van der Waals surface area contributed by atoms with Crippen LogP contribution in [0.4, 0.5) is 0 Å². The van der Waals surface area contributed by atoms with Gasteiger partial charge in [0.05, 0.1) is 31.5 Å². The molecule has 33 heavy (non-hydrogen) atoms. The number of carbonyl (C=O) groups excluding carboxylic acids is 2. The number of piperidine rings is 1. The number of carbonyl (C=O) groups is 2. The average molecular weight is 463 g/mol. The lowest BCUT2D eigenvalue weighted by Crippen LogP contribution is -2.68. The summed E-state index contributed by atoms with van der Waals surface area (Å²) in [6.07, 6.45) is 7.50. The molecule has 8 heteroatoms. The standard InChI is InChI=1S/C25H42N4O4/c1-17-16-28(25(31)23-4-3-11-33-23)22-14-19(5-6-21(22)29(17)18(2)30)20-7-8-26-24(15-20)27-9-12-32-13-10-27/h17,19-24,26H,3-16H2,1-2H3/t17-,19?,20?,21?,22?,23?,24?/m0/s1. The second-order valence-electron chi connectivity index (χ2n) is 10.9. The molecular formula is C25H42N4O4. The normalized spacial score (nSPS) is 40.5. The summed E-state index contributed by atoms with van der Waals surface area (Å²) in [6.45, 7) is 9.85. The number of piperazine rings is 1. The maximum atomic E-state index is 13.5. The zero-order valence-corrected chi connectivity index (χ0v) is 20.4. The first-order valence-corrected chi connectivity index (χ1v) is 13.3. The maximum absolute atomic E-state index is 13.5. The molecule has 7 atom stereocenters. The SMILES string of the molecule is CC(=O)N1C2CCC(C3CCNC(N4CCOCC4)C3)CC2N(C(=O)C2CCCO2)C[C@@H]1C. The van der Waals surface area contributed by atoms with Crippen molar-refractivity contribution < 1.29 is 19.1 Å². The fourth-order valence-corrected chi connectivity index (χ4v) is 7.36. The Morgan fingerprint density at radius 2 is 1.73 bits per heavy atom. The Kier molecular flexibility index (Phi) is 7.26. The van der Waals surface area contributed by atoms with Gasteiger partial charge in [0.1, 0.15) is 6.10 Å². The predicted molar refractivity (Wildman–Crippen MR) is 124 cm³/mol. The van der Waals surface area contributed by atoms with Crippen molar-refractivity contribution in [1.29, 1.82) is 0 Å². The van der Waals surface area contributed by atoms with Crippen LogP contribution in [-0.4, -0.2) is 103 Å². The van der Waals surface area contributed by atoms with E-state index >= 15 is 0 Å². The third-order valence-electron chi connectivity index (χ3n) is 8.94. The molecule has 1 N–H and O–H groups in total. The number of rotatable bonds is 3. The number of ether oxygens (including phenoxy) is 2. The molecule has 0 radical (unpaired) electrons. The minimum absolute atomic E-state index is 0.0650. The molecule has 4 aliphatic heterocycles. The van der Waals surface area contributed by atoms with Crippen LogP contribution in [0.2, 0.25) is 0 Å². The predicted octanol–water partition coefficient (Wildman–Crippen LogP) is 1.44. The Morgan fingerprint density at radius 1 is 0.939 bits per heavy atom. The zero-order valence-electron chi connectivity index (χ0n) is 20.4. The van der Waals surface area contributed by atoms with Crippen molar-refractivity contribution in [3.05, 3.63) is 0 Å². The molecule has 0 aromatic heterocycles. The van der Waals surface area contributed by atoms with E-state index in [0.717, 1.165) is 65.0 Å². The molecule has 0 spiro atoms.